The molecule has 3 N–H and O–H groups in total. The fourth-order valence-electron chi connectivity index (χ4n) is 1.24. The fourth-order valence-corrected chi connectivity index (χ4v) is 2.92. The van der Waals surface area contributed by atoms with Gasteiger partial charge in [-0.05, 0) is 32.0 Å². The number of nitrogens with one attached hydrogen (secondary N) is 1. The molecule has 0 atom stereocenters. The molecule has 0 saturated heterocycles. The van der Waals surface area contributed by atoms with E-state index in [1.54, 1.807) is 13.8 Å². The number of rotatable bonds is 5. The van der Waals surface area contributed by atoms with E-state index in [0.29, 0.717) is 0 Å². The van der Waals surface area contributed by atoms with Crippen LogP contribution in [0.3, 0.4) is 0 Å². The van der Waals surface area contributed by atoms with E-state index in [4.69, 9.17) is 5.14 Å². The van der Waals surface area contributed by atoms with Gasteiger partial charge >= 0.3 is 10.2 Å². The minimum Gasteiger partial charge on any atom is -0.271 e. The number of nitrogens with zero attached hydrogens (tertiary/aromatic N) is 1. The summed E-state index contributed by atoms with van der Waals surface area (Å²) in [6.45, 7) is 3.44. The van der Waals surface area contributed by atoms with Crippen molar-refractivity contribution in [2.24, 2.45) is 5.14 Å². The van der Waals surface area contributed by atoms with Gasteiger partial charge in [0.25, 0.3) is 0 Å². The Kier molecular flexibility index (Phi) is 4.56. The zero-order valence-electron chi connectivity index (χ0n) is 10.9. The van der Waals surface area contributed by atoms with Gasteiger partial charge < -0.3 is 0 Å². The van der Waals surface area contributed by atoms with E-state index >= 15 is 0 Å². The second-order valence-corrected chi connectivity index (χ2v) is 7.58. The summed E-state index contributed by atoms with van der Waals surface area (Å²) in [6.07, 6.45) is 0. The van der Waals surface area contributed by atoms with Gasteiger partial charge in [0, 0.05) is 13.1 Å². The largest absolute Gasteiger partial charge is 0.301 e. The third kappa shape index (κ3) is 4.16. The van der Waals surface area contributed by atoms with E-state index in [1.165, 1.54) is 31.3 Å². The monoisotopic (exact) mass is 307 g/mol. The summed E-state index contributed by atoms with van der Waals surface area (Å²) in [7, 11) is -6.17. The smallest absolute Gasteiger partial charge is 0.271 e. The van der Waals surface area contributed by atoms with E-state index in [-0.39, 0.29) is 16.6 Å². The highest BCUT2D eigenvalue weighted by Gasteiger charge is 2.20. The molecule has 0 unspecified atom stereocenters. The van der Waals surface area contributed by atoms with Crippen LogP contribution < -0.4 is 9.86 Å². The van der Waals surface area contributed by atoms with E-state index in [2.05, 4.69) is 4.72 Å². The summed E-state index contributed by atoms with van der Waals surface area (Å²) in [5.74, 6) is 0. The Morgan fingerprint density at radius 1 is 1.21 bits per heavy atom. The zero-order valence-corrected chi connectivity index (χ0v) is 12.5. The molecule has 1 aromatic carbocycles. The number of anilines is 1. The number of primary sulfonamides is 1. The maximum Gasteiger partial charge on any atom is 0.301 e. The van der Waals surface area contributed by atoms with Crippen molar-refractivity contribution in [3.63, 3.8) is 0 Å². The molecular weight excluding hydrogens is 290 g/mol. The van der Waals surface area contributed by atoms with Crippen LogP contribution in [-0.2, 0) is 20.2 Å². The fraction of sp³-hybridized carbons (Fsp3) is 0.400. The topological polar surface area (TPSA) is 110 Å². The maximum absolute atomic E-state index is 11.9. The molecule has 108 valence electrons. The van der Waals surface area contributed by atoms with Crippen LogP contribution in [0.4, 0.5) is 5.69 Å². The Hall–Kier alpha value is -1.16. The third-order valence-corrected chi connectivity index (χ3v) is 5.10. The van der Waals surface area contributed by atoms with Gasteiger partial charge in [-0.25, -0.2) is 13.6 Å². The molecule has 0 spiro atoms. The Balaban J connectivity index is 3.08. The number of nitrogens with two attached hydrogens (primary N) is 1. The first-order valence-corrected chi connectivity index (χ1v) is 8.41. The van der Waals surface area contributed by atoms with Crippen LogP contribution >= 0.6 is 0 Å². The Bertz CT molecular complexity index is 653. The van der Waals surface area contributed by atoms with Crippen LogP contribution in [0.25, 0.3) is 0 Å². The molecule has 0 heterocycles. The van der Waals surface area contributed by atoms with Crippen LogP contribution in [0.1, 0.15) is 13.8 Å². The van der Waals surface area contributed by atoms with Gasteiger partial charge in [-0.15, -0.1) is 0 Å². The molecule has 9 heteroatoms. The van der Waals surface area contributed by atoms with Crippen LogP contribution in [0.15, 0.2) is 29.2 Å². The van der Waals surface area contributed by atoms with Crippen molar-refractivity contribution in [3.05, 3.63) is 24.3 Å². The van der Waals surface area contributed by atoms with Gasteiger partial charge in [-0.1, -0.05) is 6.07 Å². The van der Waals surface area contributed by atoms with Crippen LogP contribution in [0, 0.1) is 0 Å². The highest BCUT2D eigenvalue weighted by atomic mass is 32.2. The minimum atomic E-state index is -3.87. The quantitative estimate of drug-likeness (QED) is 0.816. The minimum absolute atomic E-state index is 0.138. The average Bonchev–Trinajstić information content (AvgIpc) is 2.26. The number of sulfonamides is 1. The number of hydrogen-bond acceptors (Lipinski definition) is 4. The highest BCUT2D eigenvalue weighted by molar-refractivity contribution is 7.90. The van der Waals surface area contributed by atoms with Gasteiger partial charge in [-0.3, -0.25) is 4.72 Å². The first kappa shape index (κ1) is 15.9. The molecule has 0 bridgehead atoms. The molecule has 1 aromatic rings. The van der Waals surface area contributed by atoms with Gasteiger partial charge in [0.2, 0.25) is 10.0 Å². The summed E-state index contributed by atoms with van der Waals surface area (Å²) < 4.78 is 49.7. The molecule has 7 nitrogen and oxygen atoms in total. The summed E-state index contributed by atoms with van der Waals surface area (Å²) in [5.41, 5.74) is 0.138. The lowest BCUT2D eigenvalue weighted by atomic mass is 10.3. The van der Waals surface area contributed by atoms with Crippen molar-refractivity contribution in [1.82, 2.24) is 4.31 Å². The second-order valence-electron chi connectivity index (χ2n) is 4.29. The van der Waals surface area contributed by atoms with E-state index in [1.807, 2.05) is 0 Å². The molecule has 0 radical (unpaired) electrons. The predicted molar refractivity (Wildman–Crippen MR) is 73.3 cm³/mol. The standard InChI is InChI=1S/C10H17N3O4S2/c1-8(2)13(3)19(16,17)12-9-5-4-6-10(7-9)18(11,14)15/h4-8,12H,1-3H3,(H2,11,14,15). The van der Waals surface area contributed by atoms with Gasteiger partial charge in [0.1, 0.15) is 0 Å². The molecule has 0 saturated carbocycles. The highest BCUT2D eigenvalue weighted by Crippen LogP contribution is 2.16. The van der Waals surface area contributed by atoms with Gasteiger partial charge in [-0.2, -0.15) is 12.7 Å². The van der Waals surface area contributed by atoms with E-state index < -0.39 is 20.2 Å². The van der Waals surface area contributed by atoms with E-state index in [9.17, 15) is 16.8 Å². The SMILES string of the molecule is CC(C)N(C)S(=O)(=O)Nc1cccc(S(N)(=O)=O)c1. The maximum atomic E-state index is 11.9. The lowest BCUT2D eigenvalue weighted by Gasteiger charge is -2.21. The van der Waals surface area contributed by atoms with Gasteiger partial charge in [0.05, 0.1) is 10.6 Å². The summed E-state index contributed by atoms with van der Waals surface area (Å²) in [5, 5.41) is 4.98. The summed E-state index contributed by atoms with van der Waals surface area (Å²) >= 11 is 0. The molecule has 19 heavy (non-hydrogen) atoms. The van der Waals surface area contributed by atoms with Crippen LogP contribution in [-0.4, -0.2) is 34.2 Å². The molecule has 0 fully saturated rings. The Morgan fingerprint density at radius 3 is 2.26 bits per heavy atom. The van der Waals surface area contributed by atoms with Crippen molar-refractivity contribution < 1.29 is 16.8 Å². The molecule has 0 aliphatic carbocycles. The lowest BCUT2D eigenvalue weighted by molar-refractivity contribution is 0.414. The van der Waals surface area contributed by atoms with Crippen molar-refractivity contribution in [2.75, 3.05) is 11.8 Å². The lowest BCUT2D eigenvalue weighted by Crippen LogP contribution is -2.37. The van der Waals surface area contributed by atoms with Crippen LogP contribution in [0.5, 0.6) is 0 Å². The van der Waals surface area contributed by atoms with Crippen LogP contribution in [0.2, 0.25) is 0 Å². The average molecular weight is 307 g/mol. The summed E-state index contributed by atoms with van der Waals surface area (Å²) in [4.78, 5) is -0.153. The second kappa shape index (κ2) is 5.45. The third-order valence-electron chi connectivity index (χ3n) is 2.52. The first-order valence-electron chi connectivity index (χ1n) is 5.42. The van der Waals surface area contributed by atoms with Crippen molar-refractivity contribution >= 4 is 25.9 Å². The normalized spacial score (nSPS) is 12.9. The molecule has 0 aromatic heterocycles. The zero-order chi connectivity index (χ0) is 14.8. The van der Waals surface area contributed by atoms with Gasteiger partial charge in [0.15, 0.2) is 0 Å². The Labute approximate surface area is 113 Å². The molecule has 0 aliphatic heterocycles. The molecule has 0 aliphatic rings. The molecule has 1 rings (SSSR count). The van der Waals surface area contributed by atoms with Crippen molar-refractivity contribution in [2.45, 2.75) is 24.8 Å². The summed E-state index contributed by atoms with van der Waals surface area (Å²) in [6, 6.07) is 5.09. The van der Waals surface area contributed by atoms with Crippen molar-refractivity contribution in [1.29, 1.82) is 0 Å². The predicted octanol–water partition coefficient (Wildman–Crippen LogP) is 0.331. The number of hydrogen-bond donors (Lipinski definition) is 2. The molecule has 0 amide bonds. The van der Waals surface area contributed by atoms with Crippen molar-refractivity contribution in [3.8, 4) is 0 Å². The number of benzene rings is 1. The molecular formula is C10H17N3O4S2. The Morgan fingerprint density at radius 2 is 1.79 bits per heavy atom. The van der Waals surface area contributed by atoms with E-state index in [0.717, 1.165) is 4.31 Å². The first-order chi connectivity index (χ1) is 8.54.